The molecule has 0 radical (unpaired) electrons. The minimum atomic E-state index is -0.656. The Morgan fingerprint density at radius 3 is 2.41 bits per heavy atom. The molecule has 17 heavy (non-hydrogen) atoms. The van der Waals surface area contributed by atoms with Crippen LogP contribution in [0, 0.1) is 0 Å². The van der Waals surface area contributed by atoms with Crippen molar-refractivity contribution in [1.29, 1.82) is 0 Å². The number of rotatable bonds is 3. The first-order valence-electron chi connectivity index (χ1n) is 5.73. The number of nitrogens with zero attached hydrogens (tertiary/aromatic N) is 4. The fourth-order valence-electron chi connectivity index (χ4n) is 2.00. The number of piperazine rings is 1. The Kier molecular flexibility index (Phi) is 3.21. The van der Waals surface area contributed by atoms with Gasteiger partial charge >= 0.3 is 12.0 Å². The van der Waals surface area contributed by atoms with Crippen molar-refractivity contribution in [3.63, 3.8) is 0 Å². The van der Waals surface area contributed by atoms with Crippen LogP contribution in [0.3, 0.4) is 0 Å². The predicted octanol–water partition coefficient (Wildman–Crippen LogP) is -0.455. The molecule has 1 aliphatic rings. The normalized spacial score (nSPS) is 18.6. The first kappa shape index (κ1) is 12.1. The molecule has 2 heterocycles. The Morgan fingerprint density at radius 2 is 1.94 bits per heavy atom. The van der Waals surface area contributed by atoms with Crippen LogP contribution in [0.4, 0.5) is 12.0 Å². The number of β-amino-alcohol motifs (C(OH)–C–C–N with tert-alkyl or cyclic N) is 1. The van der Waals surface area contributed by atoms with Gasteiger partial charge in [0.1, 0.15) is 0 Å². The topological polar surface area (TPSA) is 91.7 Å². The maximum absolute atomic E-state index is 9.74. The van der Waals surface area contributed by atoms with Gasteiger partial charge in [-0.1, -0.05) is 10.2 Å². The Balaban J connectivity index is 1.86. The zero-order valence-corrected chi connectivity index (χ0v) is 10.3. The SMILES string of the molecule is CC(C)(O)CN1CCN(c2nnc(N)o2)CC1. The van der Waals surface area contributed by atoms with Gasteiger partial charge in [0, 0.05) is 32.7 Å². The largest absolute Gasteiger partial charge is 0.390 e. The lowest BCUT2D eigenvalue weighted by Crippen LogP contribution is -2.50. The van der Waals surface area contributed by atoms with E-state index in [-0.39, 0.29) is 6.01 Å². The van der Waals surface area contributed by atoms with Crippen molar-refractivity contribution in [2.45, 2.75) is 19.4 Å². The zero-order chi connectivity index (χ0) is 12.5. The summed E-state index contributed by atoms with van der Waals surface area (Å²) < 4.78 is 5.17. The van der Waals surface area contributed by atoms with Crippen LogP contribution in [0.2, 0.25) is 0 Å². The second-order valence-corrected chi connectivity index (χ2v) is 5.00. The highest BCUT2D eigenvalue weighted by molar-refractivity contribution is 5.28. The number of aliphatic hydroxyl groups is 1. The van der Waals surface area contributed by atoms with Gasteiger partial charge in [0.05, 0.1) is 5.60 Å². The molecule has 0 spiro atoms. The molecular formula is C10H19N5O2. The van der Waals surface area contributed by atoms with E-state index in [4.69, 9.17) is 10.2 Å². The van der Waals surface area contributed by atoms with E-state index >= 15 is 0 Å². The fourth-order valence-corrected chi connectivity index (χ4v) is 2.00. The van der Waals surface area contributed by atoms with Crippen molar-refractivity contribution in [3.8, 4) is 0 Å². The van der Waals surface area contributed by atoms with Crippen LogP contribution in [-0.2, 0) is 0 Å². The molecule has 0 aromatic carbocycles. The average molecular weight is 241 g/mol. The summed E-state index contributed by atoms with van der Waals surface area (Å²) in [6.07, 6.45) is 0. The highest BCUT2D eigenvalue weighted by Crippen LogP contribution is 2.16. The number of nitrogens with two attached hydrogens (primary N) is 1. The number of nitrogen functional groups attached to an aromatic ring is 1. The van der Waals surface area contributed by atoms with Crippen LogP contribution in [-0.4, -0.2) is 58.5 Å². The Labute approximate surface area is 100 Å². The molecule has 1 aliphatic heterocycles. The third-order valence-corrected chi connectivity index (χ3v) is 2.68. The molecule has 1 aromatic heterocycles. The van der Waals surface area contributed by atoms with E-state index in [0.29, 0.717) is 12.6 Å². The smallest absolute Gasteiger partial charge is 0.319 e. The van der Waals surface area contributed by atoms with Gasteiger partial charge in [-0.25, -0.2) is 0 Å². The second-order valence-electron chi connectivity index (χ2n) is 5.00. The lowest BCUT2D eigenvalue weighted by Gasteiger charge is -2.36. The summed E-state index contributed by atoms with van der Waals surface area (Å²) in [6, 6.07) is 0.573. The molecule has 2 rings (SSSR count). The van der Waals surface area contributed by atoms with Crippen LogP contribution >= 0.6 is 0 Å². The van der Waals surface area contributed by atoms with E-state index in [1.807, 2.05) is 18.7 Å². The number of hydrogen-bond donors (Lipinski definition) is 2. The van der Waals surface area contributed by atoms with E-state index in [9.17, 15) is 5.11 Å². The lowest BCUT2D eigenvalue weighted by molar-refractivity contribution is 0.0342. The summed E-state index contributed by atoms with van der Waals surface area (Å²) in [5, 5.41) is 17.2. The minimum Gasteiger partial charge on any atom is -0.390 e. The Bertz CT molecular complexity index is 365. The summed E-state index contributed by atoms with van der Waals surface area (Å²) in [6.45, 7) is 7.65. The van der Waals surface area contributed by atoms with E-state index in [0.717, 1.165) is 26.2 Å². The molecule has 3 N–H and O–H groups in total. The molecule has 0 bridgehead atoms. The molecule has 0 aliphatic carbocycles. The maximum atomic E-state index is 9.74. The number of hydrogen-bond acceptors (Lipinski definition) is 7. The maximum Gasteiger partial charge on any atom is 0.319 e. The highest BCUT2D eigenvalue weighted by Gasteiger charge is 2.24. The molecule has 1 aromatic rings. The van der Waals surface area contributed by atoms with Crippen molar-refractivity contribution in [2.75, 3.05) is 43.4 Å². The van der Waals surface area contributed by atoms with Gasteiger partial charge in [-0.3, -0.25) is 4.90 Å². The van der Waals surface area contributed by atoms with E-state index in [1.54, 1.807) is 0 Å². The zero-order valence-electron chi connectivity index (χ0n) is 10.3. The third-order valence-electron chi connectivity index (χ3n) is 2.68. The van der Waals surface area contributed by atoms with Crippen LogP contribution in [0.25, 0.3) is 0 Å². The summed E-state index contributed by atoms with van der Waals surface area (Å²) in [7, 11) is 0. The van der Waals surface area contributed by atoms with E-state index < -0.39 is 5.60 Å². The summed E-state index contributed by atoms with van der Waals surface area (Å²) >= 11 is 0. The minimum absolute atomic E-state index is 0.0962. The van der Waals surface area contributed by atoms with Gasteiger partial charge in [-0.2, -0.15) is 0 Å². The summed E-state index contributed by atoms with van der Waals surface area (Å²) in [5.41, 5.74) is 4.73. The van der Waals surface area contributed by atoms with Crippen molar-refractivity contribution in [2.24, 2.45) is 0 Å². The molecule has 1 saturated heterocycles. The molecule has 0 saturated carbocycles. The molecule has 96 valence electrons. The van der Waals surface area contributed by atoms with Gasteiger partial charge in [-0.05, 0) is 13.8 Å². The number of anilines is 2. The first-order chi connectivity index (χ1) is 7.94. The molecule has 0 atom stereocenters. The first-order valence-corrected chi connectivity index (χ1v) is 5.73. The van der Waals surface area contributed by atoms with Crippen LogP contribution in [0.5, 0.6) is 0 Å². The predicted molar refractivity (Wildman–Crippen MR) is 63.7 cm³/mol. The summed E-state index contributed by atoms with van der Waals surface area (Å²) in [5.74, 6) is 0. The van der Waals surface area contributed by atoms with Crippen LogP contribution in [0.1, 0.15) is 13.8 Å². The molecular weight excluding hydrogens is 222 g/mol. The van der Waals surface area contributed by atoms with Gasteiger partial charge < -0.3 is 20.2 Å². The highest BCUT2D eigenvalue weighted by atomic mass is 16.4. The third kappa shape index (κ3) is 3.31. The molecule has 0 amide bonds. The second kappa shape index (κ2) is 4.50. The van der Waals surface area contributed by atoms with Gasteiger partial charge in [0.25, 0.3) is 0 Å². The molecule has 7 nitrogen and oxygen atoms in total. The quantitative estimate of drug-likeness (QED) is 0.740. The standard InChI is InChI=1S/C10H19N5O2/c1-10(2,16)7-14-3-5-15(6-4-14)9-13-12-8(11)17-9/h16H,3-7H2,1-2H3,(H2,11,12). The monoisotopic (exact) mass is 241 g/mol. The van der Waals surface area contributed by atoms with Crippen LogP contribution in [0.15, 0.2) is 4.42 Å². The average Bonchev–Trinajstić information content (AvgIpc) is 2.63. The van der Waals surface area contributed by atoms with Crippen molar-refractivity contribution < 1.29 is 9.52 Å². The molecule has 1 fully saturated rings. The van der Waals surface area contributed by atoms with Gasteiger partial charge in [0.2, 0.25) is 0 Å². The lowest BCUT2D eigenvalue weighted by atomic mass is 10.1. The Hall–Kier alpha value is -1.34. The van der Waals surface area contributed by atoms with E-state index in [2.05, 4.69) is 15.1 Å². The Morgan fingerprint density at radius 1 is 1.29 bits per heavy atom. The van der Waals surface area contributed by atoms with Gasteiger partial charge in [0.15, 0.2) is 0 Å². The molecule has 0 unspecified atom stereocenters. The summed E-state index contributed by atoms with van der Waals surface area (Å²) in [4.78, 5) is 4.22. The van der Waals surface area contributed by atoms with Gasteiger partial charge in [-0.15, -0.1) is 0 Å². The van der Waals surface area contributed by atoms with Crippen LogP contribution < -0.4 is 10.6 Å². The van der Waals surface area contributed by atoms with Crippen molar-refractivity contribution in [3.05, 3.63) is 0 Å². The van der Waals surface area contributed by atoms with Crippen molar-refractivity contribution >= 4 is 12.0 Å². The van der Waals surface area contributed by atoms with E-state index in [1.165, 1.54) is 0 Å². The molecule has 7 heteroatoms. The van der Waals surface area contributed by atoms with Crippen molar-refractivity contribution in [1.82, 2.24) is 15.1 Å². The fraction of sp³-hybridized carbons (Fsp3) is 0.800. The number of aromatic nitrogens is 2.